The lowest BCUT2D eigenvalue weighted by Gasteiger charge is -2.16. The van der Waals surface area contributed by atoms with Crippen molar-refractivity contribution in [3.63, 3.8) is 0 Å². The zero-order valence-electron chi connectivity index (χ0n) is 13.7. The summed E-state index contributed by atoms with van der Waals surface area (Å²) < 4.78 is 0. The van der Waals surface area contributed by atoms with Crippen molar-refractivity contribution in [2.24, 2.45) is 0 Å². The highest BCUT2D eigenvalue weighted by molar-refractivity contribution is 6.03. The first-order valence-electron chi connectivity index (χ1n) is 8.13. The van der Waals surface area contributed by atoms with Crippen LogP contribution in [-0.4, -0.2) is 22.0 Å². The molecule has 0 aliphatic heterocycles. The van der Waals surface area contributed by atoms with Crippen molar-refractivity contribution in [1.29, 1.82) is 0 Å². The van der Waals surface area contributed by atoms with Crippen LogP contribution in [-0.2, 0) is 4.79 Å². The number of carbonyl (C=O) groups is 2. The number of rotatable bonds is 8. The normalized spacial score (nSPS) is 11.7. The summed E-state index contributed by atoms with van der Waals surface area (Å²) in [5, 5.41) is 11.7. The van der Waals surface area contributed by atoms with Gasteiger partial charge in [-0.05, 0) is 48.6 Å². The molecule has 1 aromatic carbocycles. The van der Waals surface area contributed by atoms with E-state index in [2.05, 4.69) is 17.2 Å². The number of anilines is 1. The molecule has 126 valence electrons. The maximum Gasteiger partial charge on any atom is 0.303 e. The van der Waals surface area contributed by atoms with E-state index in [0.717, 1.165) is 18.4 Å². The molecule has 1 atom stereocenters. The molecule has 0 aliphatic carbocycles. The van der Waals surface area contributed by atoms with Crippen molar-refractivity contribution in [2.75, 3.05) is 5.32 Å². The molecule has 2 N–H and O–H groups in total. The molecule has 0 aliphatic rings. The Hall–Kier alpha value is -2.69. The maximum absolute atomic E-state index is 12.1. The predicted octanol–water partition coefficient (Wildman–Crippen LogP) is 4.08. The summed E-state index contributed by atoms with van der Waals surface area (Å²) in [4.78, 5) is 26.8. The van der Waals surface area contributed by atoms with Crippen molar-refractivity contribution < 1.29 is 14.7 Å². The molecule has 24 heavy (non-hydrogen) atoms. The minimum atomic E-state index is -0.767. The minimum Gasteiger partial charge on any atom is -0.481 e. The van der Waals surface area contributed by atoms with E-state index in [1.807, 2.05) is 24.3 Å². The van der Waals surface area contributed by atoms with Crippen molar-refractivity contribution in [2.45, 2.75) is 38.5 Å². The number of carboxylic acid groups (broad SMARTS) is 1. The van der Waals surface area contributed by atoms with Crippen LogP contribution in [0, 0.1) is 0 Å². The number of amides is 1. The van der Waals surface area contributed by atoms with Crippen molar-refractivity contribution in [3.8, 4) is 0 Å². The third kappa shape index (κ3) is 5.19. The summed E-state index contributed by atoms with van der Waals surface area (Å²) in [5.41, 5.74) is 2.32. The van der Waals surface area contributed by atoms with Crippen LogP contribution < -0.4 is 5.32 Å². The molecule has 1 heterocycles. The molecule has 0 saturated heterocycles. The predicted molar refractivity (Wildman–Crippen MR) is 93.2 cm³/mol. The second kappa shape index (κ2) is 8.82. The maximum atomic E-state index is 12.1. The van der Waals surface area contributed by atoms with Gasteiger partial charge in [0.05, 0.1) is 5.56 Å². The van der Waals surface area contributed by atoms with E-state index in [1.54, 1.807) is 18.3 Å². The van der Waals surface area contributed by atoms with Gasteiger partial charge in [-0.15, -0.1) is 0 Å². The Balaban J connectivity index is 2.03. The molecule has 5 heteroatoms. The first-order valence-corrected chi connectivity index (χ1v) is 8.13. The molecular formula is C19H22N2O3. The fourth-order valence-electron chi connectivity index (χ4n) is 2.66. The Morgan fingerprint density at radius 2 is 1.92 bits per heavy atom. The highest BCUT2D eigenvalue weighted by atomic mass is 16.4. The highest BCUT2D eigenvalue weighted by Gasteiger charge is 2.13. The number of hydrogen-bond acceptors (Lipinski definition) is 3. The van der Waals surface area contributed by atoms with Gasteiger partial charge < -0.3 is 10.4 Å². The second-order valence-corrected chi connectivity index (χ2v) is 5.74. The first kappa shape index (κ1) is 17.7. The molecule has 2 rings (SSSR count). The third-order valence-corrected chi connectivity index (χ3v) is 3.91. The summed E-state index contributed by atoms with van der Waals surface area (Å²) in [6.45, 7) is 2.09. The number of carbonyl (C=O) groups excluding carboxylic acids is 1. The molecule has 1 unspecified atom stereocenters. The number of aromatic nitrogens is 1. The number of carboxylic acids is 1. The zero-order valence-corrected chi connectivity index (χ0v) is 13.7. The fraction of sp³-hybridized carbons (Fsp3) is 0.316. The van der Waals surface area contributed by atoms with Crippen LogP contribution in [0.1, 0.15) is 54.4 Å². The second-order valence-electron chi connectivity index (χ2n) is 5.74. The van der Waals surface area contributed by atoms with Crippen LogP contribution in [0.3, 0.4) is 0 Å². The SMILES string of the molecule is CCCC(CCC(=O)O)c1ccc(NC(=O)c2cccnc2)cc1. The van der Waals surface area contributed by atoms with E-state index < -0.39 is 5.97 Å². The zero-order chi connectivity index (χ0) is 17.4. The number of aliphatic carboxylic acids is 1. The number of benzene rings is 1. The van der Waals surface area contributed by atoms with Crippen LogP contribution in [0.5, 0.6) is 0 Å². The average Bonchev–Trinajstić information content (AvgIpc) is 2.60. The molecule has 0 saturated carbocycles. The topological polar surface area (TPSA) is 79.3 Å². The summed E-state index contributed by atoms with van der Waals surface area (Å²) in [7, 11) is 0. The molecule has 1 aromatic heterocycles. The number of pyridine rings is 1. The van der Waals surface area contributed by atoms with Crippen LogP contribution in [0.4, 0.5) is 5.69 Å². The van der Waals surface area contributed by atoms with E-state index in [0.29, 0.717) is 17.7 Å². The average molecular weight is 326 g/mol. The summed E-state index contributed by atoms with van der Waals surface area (Å²) >= 11 is 0. The Bertz CT molecular complexity index is 669. The van der Waals surface area contributed by atoms with Gasteiger partial charge in [0.2, 0.25) is 0 Å². The van der Waals surface area contributed by atoms with Crippen LogP contribution >= 0.6 is 0 Å². The Kier molecular flexibility index (Phi) is 6.49. The van der Waals surface area contributed by atoms with Crippen molar-refractivity contribution >= 4 is 17.6 Å². The van der Waals surface area contributed by atoms with Gasteiger partial charge in [0.25, 0.3) is 5.91 Å². The molecule has 0 spiro atoms. The molecule has 2 aromatic rings. The monoisotopic (exact) mass is 326 g/mol. The fourth-order valence-corrected chi connectivity index (χ4v) is 2.66. The summed E-state index contributed by atoms with van der Waals surface area (Å²) in [5.74, 6) is -0.738. The Morgan fingerprint density at radius 3 is 2.50 bits per heavy atom. The Labute approximate surface area is 141 Å². The molecule has 0 fully saturated rings. The lowest BCUT2D eigenvalue weighted by Crippen LogP contribution is -2.12. The molecule has 1 amide bonds. The molecule has 0 bridgehead atoms. The van der Waals surface area contributed by atoms with Crippen molar-refractivity contribution in [1.82, 2.24) is 4.98 Å². The summed E-state index contributed by atoms with van der Waals surface area (Å²) in [6, 6.07) is 11.1. The Morgan fingerprint density at radius 1 is 1.17 bits per heavy atom. The van der Waals surface area contributed by atoms with Gasteiger partial charge in [0.15, 0.2) is 0 Å². The molecule has 0 radical (unpaired) electrons. The minimum absolute atomic E-state index is 0.171. The lowest BCUT2D eigenvalue weighted by atomic mass is 9.90. The number of nitrogens with one attached hydrogen (secondary N) is 1. The van der Waals surface area contributed by atoms with Gasteiger partial charge in [-0.1, -0.05) is 25.5 Å². The van der Waals surface area contributed by atoms with Gasteiger partial charge in [-0.25, -0.2) is 0 Å². The first-order chi connectivity index (χ1) is 11.6. The van der Waals surface area contributed by atoms with Crippen molar-refractivity contribution in [3.05, 3.63) is 59.9 Å². The van der Waals surface area contributed by atoms with Gasteiger partial charge in [-0.2, -0.15) is 0 Å². The van der Waals surface area contributed by atoms with E-state index in [1.165, 1.54) is 6.20 Å². The van der Waals surface area contributed by atoms with E-state index >= 15 is 0 Å². The standard InChI is InChI=1S/C19H22N2O3/c1-2-4-14(8-11-18(22)23)15-6-9-17(10-7-15)21-19(24)16-5-3-12-20-13-16/h3,5-7,9-10,12-14H,2,4,8,11H2,1H3,(H,21,24)(H,22,23). The van der Waals surface area contributed by atoms with Gasteiger partial charge >= 0.3 is 5.97 Å². The van der Waals surface area contributed by atoms with Gasteiger partial charge in [0, 0.05) is 24.5 Å². The summed E-state index contributed by atoms with van der Waals surface area (Å²) in [6.07, 6.45) is 5.90. The van der Waals surface area contributed by atoms with Crippen LogP contribution in [0.25, 0.3) is 0 Å². The lowest BCUT2D eigenvalue weighted by molar-refractivity contribution is -0.137. The largest absolute Gasteiger partial charge is 0.481 e. The molecular weight excluding hydrogens is 304 g/mol. The smallest absolute Gasteiger partial charge is 0.303 e. The third-order valence-electron chi connectivity index (χ3n) is 3.91. The quantitative estimate of drug-likeness (QED) is 0.766. The van der Waals surface area contributed by atoms with Crippen LogP contribution in [0.2, 0.25) is 0 Å². The van der Waals surface area contributed by atoms with E-state index in [-0.39, 0.29) is 18.2 Å². The molecule has 5 nitrogen and oxygen atoms in total. The van der Waals surface area contributed by atoms with Crippen LogP contribution in [0.15, 0.2) is 48.8 Å². The van der Waals surface area contributed by atoms with E-state index in [9.17, 15) is 9.59 Å². The van der Waals surface area contributed by atoms with Gasteiger partial charge in [-0.3, -0.25) is 14.6 Å². The number of nitrogens with zero attached hydrogens (tertiary/aromatic N) is 1. The number of hydrogen-bond donors (Lipinski definition) is 2. The highest BCUT2D eigenvalue weighted by Crippen LogP contribution is 2.27. The van der Waals surface area contributed by atoms with E-state index in [4.69, 9.17) is 5.11 Å². The van der Waals surface area contributed by atoms with Gasteiger partial charge in [0.1, 0.15) is 0 Å².